The summed E-state index contributed by atoms with van der Waals surface area (Å²) >= 11 is 0. The molecule has 0 amide bonds. The molecule has 0 aliphatic carbocycles. The van der Waals surface area contributed by atoms with Crippen molar-refractivity contribution in [2.75, 3.05) is 27.7 Å². The van der Waals surface area contributed by atoms with Crippen molar-refractivity contribution < 1.29 is 4.74 Å². The number of benzene rings is 1. The molecule has 1 aromatic heterocycles. The molecule has 0 saturated heterocycles. The quantitative estimate of drug-likeness (QED) is 0.844. The van der Waals surface area contributed by atoms with Crippen molar-refractivity contribution in [2.45, 2.75) is 12.6 Å². The van der Waals surface area contributed by atoms with Crippen LogP contribution < -0.4 is 10.1 Å². The predicted molar refractivity (Wildman–Crippen MR) is 84.3 cm³/mol. The van der Waals surface area contributed by atoms with Crippen molar-refractivity contribution in [1.29, 1.82) is 0 Å². The maximum atomic E-state index is 5.30. The van der Waals surface area contributed by atoms with E-state index in [0.29, 0.717) is 0 Å². The topological polar surface area (TPSA) is 42.3 Å². The molecule has 0 radical (unpaired) electrons. The molecule has 0 saturated carbocycles. The van der Waals surface area contributed by atoms with Gasteiger partial charge in [-0.15, -0.1) is 0 Å². The molecule has 0 aliphatic rings. The summed E-state index contributed by atoms with van der Waals surface area (Å²) in [5, 5.41) is 3.37. The molecular weight excluding hydrogens is 264 g/mol. The number of methoxy groups -OCH3 is 1. The van der Waals surface area contributed by atoms with Crippen LogP contribution in [0, 0.1) is 0 Å². The minimum absolute atomic E-state index is 0.255. The van der Waals surface area contributed by atoms with Crippen molar-refractivity contribution in [2.24, 2.45) is 7.05 Å². The molecule has 5 nitrogen and oxygen atoms in total. The number of hydrogen-bond acceptors (Lipinski definition) is 4. The van der Waals surface area contributed by atoms with Crippen LogP contribution in [0.15, 0.2) is 36.7 Å². The van der Waals surface area contributed by atoms with Gasteiger partial charge < -0.3 is 14.6 Å². The van der Waals surface area contributed by atoms with E-state index in [2.05, 4.69) is 38.9 Å². The summed E-state index contributed by atoms with van der Waals surface area (Å²) in [6, 6.07) is 8.45. The molecule has 21 heavy (non-hydrogen) atoms. The van der Waals surface area contributed by atoms with Gasteiger partial charge in [-0.2, -0.15) is 0 Å². The zero-order valence-corrected chi connectivity index (χ0v) is 13.2. The van der Waals surface area contributed by atoms with Gasteiger partial charge in [0.15, 0.2) is 0 Å². The predicted octanol–water partition coefficient (Wildman–Crippen LogP) is 1.82. The number of imidazole rings is 1. The zero-order chi connectivity index (χ0) is 15.2. The lowest BCUT2D eigenvalue weighted by atomic mass is 10.1. The Bertz CT molecular complexity index is 567. The molecule has 114 valence electrons. The van der Waals surface area contributed by atoms with E-state index in [1.165, 1.54) is 5.56 Å². The van der Waals surface area contributed by atoms with Gasteiger partial charge in [-0.1, -0.05) is 12.1 Å². The number of nitrogens with zero attached hydrogens (tertiary/aromatic N) is 3. The molecule has 0 aliphatic heterocycles. The van der Waals surface area contributed by atoms with Crippen molar-refractivity contribution in [3.63, 3.8) is 0 Å². The molecule has 1 unspecified atom stereocenters. The van der Waals surface area contributed by atoms with E-state index in [-0.39, 0.29) is 6.04 Å². The molecule has 0 spiro atoms. The zero-order valence-electron chi connectivity index (χ0n) is 13.2. The Balaban J connectivity index is 2.02. The fourth-order valence-corrected chi connectivity index (χ4v) is 2.39. The first kappa shape index (κ1) is 15.5. The number of nitrogens with one attached hydrogen (secondary N) is 1. The van der Waals surface area contributed by atoms with E-state index in [0.717, 1.165) is 24.7 Å². The third-order valence-corrected chi connectivity index (χ3v) is 3.67. The summed E-state index contributed by atoms with van der Waals surface area (Å²) in [6.45, 7) is 1.72. The van der Waals surface area contributed by atoms with Gasteiger partial charge in [0.25, 0.3) is 0 Å². The second-order valence-corrected chi connectivity index (χ2v) is 5.27. The highest BCUT2D eigenvalue weighted by Gasteiger charge is 2.14. The largest absolute Gasteiger partial charge is 0.497 e. The Morgan fingerprint density at radius 2 is 2.24 bits per heavy atom. The van der Waals surface area contributed by atoms with Crippen molar-refractivity contribution in [3.8, 4) is 5.75 Å². The van der Waals surface area contributed by atoms with Crippen LogP contribution in [0.2, 0.25) is 0 Å². The standard InChI is InChI=1S/C16H24N4O/c1-17-15(13-6-5-7-14(10-13)21-4)11-19(2)12-16-18-8-9-20(16)3/h5-10,15,17H,11-12H2,1-4H3. The van der Waals surface area contributed by atoms with Gasteiger partial charge in [0.2, 0.25) is 0 Å². The molecule has 1 N–H and O–H groups in total. The van der Waals surface area contributed by atoms with Gasteiger partial charge in [0.05, 0.1) is 13.7 Å². The molecule has 1 heterocycles. The van der Waals surface area contributed by atoms with Gasteiger partial charge in [0, 0.05) is 32.0 Å². The number of aryl methyl sites for hydroxylation is 1. The Morgan fingerprint density at radius 1 is 1.43 bits per heavy atom. The van der Waals surface area contributed by atoms with E-state index < -0.39 is 0 Å². The number of aromatic nitrogens is 2. The number of likely N-dealkylation sites (N-methyl/N-ethyl adjacent to an activating group) is 2. The van der Waals surface area contributed by atoms with E-state index >= 15 is 0 Å². The third-order valence-electron chi connectivity index (χ3n) is 3.67. The molecular formula is C16H24N4O. The molecule has 2 rings (SSSR count). The number of rotatable bonds is 7. The first-order valence-corrected chi connectivity index (χ1v) is 7.10. The summed E-state index contributed by atoms with van der Waals surface area (Å²) in [5.74, 6) is 1.96. The van der Waals surface area contributed by atoms with Crippen LogP contribution in [0.3, 0.4) is 0 Å². The maximum absolute atomic E-state index is 5.30. The van der Waals surface area contributed by atoms with E-state index in [4.69, 9.17) is 4.74 Å². The lowest BCUT2D eigenvalue weighted by Crippen LogP contribution is -2.31. The smallest absolute Gasteiger partial charge is 0.122 e. The van der Waals surface area contributed by atoms with Gasteiger partial charge in [-0.25, -0.2) is 4.98 Å². The van der Waals surface area contributed by atoms with Crippen LogP contribution in [-0.4, -0.2) is 42.2 Å². The summed E-state index contributed by atoms with van der Waals surface area (Å²) in [5.41, 5.74) is 1.23. The first-order valence-electron chi connectivity index (χ1n) is 7.10. The van der Waals surface area contributed by atoms with Gasteiger partial charge in [0.1, 0.15) is 11.6 Å². The highest BCUT2D eigenvalue weighted by molar-refractivity contribution is 5.30. The summed E-state index contributed by atoms with van der Waals surface area (Å²) in [7, 11) is 7.81. The van der Waals surface area contributed by atoms with Gasteiger partial charge in [-0.05, 0) is 31.8 Å². The molecule has 5 heteroatoms. The minimum Gasteiger partial charge on any atom is -0.497 e. The summed E-state index contributed by atoms with van der Waals surface area (Å²) in [6.07, 6.45) is 3.81. The van der Waals surface area contributed by atoms with Gasteiger partial charge >= 0.3 is 0 Å². The van der Waals surface area contributed by atoms with Crippen LogP contribution in [0.4, 0.5) is 0 Å². The monoisotopic (exact) mass is 288 g/mol. The minimum atomic E-state index is 0.255. The Labute approximate surface area is 126 Å². The lowest BCUT2D eigenvalue weighted by molar-refractivity contribution is 0.280. The summed E-state index contributed by atoms with van der Waals surface area (Å²) in [4.78, 5) is 6.64. The molecule has 0 bridgehead atoms. The van der Waals surface area contributed by atoms with Crippen LogP contribution in [-0.2, 0) is 13.6 Å². The Morgan fingerprint density at radius 3 is 2.86 bits per heavy atom. The highest BCUT2D eigenvalue weighted by atomic mass is 16.5. The number of hydrogen-bond donors (Lipinski definition) is 1. The van der Waals surface area contributed by atoms with Crippen LogP contribution in [0.5, 0.6) is 5.75 Å². The highest BCUT2D eigenvalue weighted by Crippen LogP contribution is 2.20. The second-order valence-electron chi connectivity index (χ2n) is 5.27. The van der Waals surface area contributed by atoms with E-state index in [1.807, 2.05) is 38.6 Å². The van der Waals surface area contributed by atoms with E-state index in [1.54, 1.807) is 7.11 Å². The lowest BCUT2D eigenvalue weighted by Gasteiger charge is -2.24. The van der Waals surface area contributed by atoms with Crippen molar-refractivity contribution >= 4 is 0 Å². The maximum Gasteiger partial charge on any atom is 0.122 e. The normalized spacial score (nSPS) is 12.6. The van der Waals surface area contributed by atoms with E-state index in [9.17, 15) is 0 Å². The van der Waals surface area contributed by atoms with Crippen LogP contribution >= 0.6 is 0 Å². The molecule has 1 atom stereocenters. The van der Waals surface area contributed by atoms with Gasteiger partial charge in [-0.3, -0.25) is 4.90 Å². The van der Waals surface area contributed by atoms with Crippen LogP contribution in [0.25, 0.3) is 0 Å². The summed E-state index contributed by atoms with van der Waals surface area (Å²) < 4.78 is 7.35. The Hall–Kier alpha value is -1.85. The molecule has 2 aromatic rings. The third kappa shape index (κ3) is 4.06. The Kier molecular flexibility index (Phi) is 5.36. The SMILES string of the molecule is CNC(CN(C)Cc1nccn1C)c1cccc(OC)c1. The molecule has 1 aromatic carbocycles. The van der Waals surface area contributed by atoms with Crippen molar-refractivity contribution in [3.05, 3.63) is 48.0 Å². The average Bonchev–Trinajstić information content (AvgIpc) is 2.90. The average molecular weight is 288 g/mol. The first-order chi connectivity index (χ1) is 10.1. The number of ether oxygens (including phenoxy) is 1. The fourth-order valence-electron chi connectivity index (χ4n) is 2.39. The van der Waals surface area contributed by atoms with Crippen LogP contribution in [0.1, 0.15) is 17.4 Å². The molecule has 0 fully saturated rings. The second kappa shape index (κ2) is 7.24. The van der Waals surface area contributed by atoms with Crippen molar-refractivity contribution in [1.82, 2.24) is 19.8 Å². The fraction of sp³-hybridized carbons (Fsp3) is 0.438.